The van der Waals surface area contributed by atoms with Crippen molar-refractivity contribution in [3.8, 4) is 0 Å². The van der Waals surface area contributed by atoms with Crippen LogP contribution in [-0.4, -0.2) is 35.1 Å². The highest BCUT2D eigenvalue weighted by atomic mass is 16.6. The minimum atomic E-state index is -1.17. The molecule has 2 aliphatic rings. The Bertz CT molecular complexity index is 636. The first-order chi connectivity index (χ1) is 11.3. The van der Waals surface area contributed by atoms with Crippen LogP contribution < -0.4 is 5.32 Å². The van der Waals surface area contributed by atoms with Gasteiger partial charge in [0.05, 0.1) is 18.3 Å². The number of carboxylic acids is 1. The van der Waals surface area contributed by atoms with Crippen molar-refractivity contribution in [1.29, 1.82) is 0 Å². The molecule has 132 valence electrons. The molecule has 24 heavy (non-hydrogen) atoms. The Kier molecular flexibility index (Phi) is 5.26. The summed E-state index contributed by atoms with van der Waals surface area (Å²) in [6, 6.07) is -0.864. The minimum Gasteiger partial charge on any atom is -0.478 e. The molecule has 0 aromatic carbocycles. The number of esters is 1. The fourth-order valence-corrected chi connectivity index (χ4v) is 3.93. The second kappa shape index (κ2) is 7.02. The fourth-order valence-electron chi connectivity index (χ4n) is 3.93. The summed E-state index contributed by atoms with van der Waals surface area (Å²) in [6.45, 7) is 3.27. The van der Waals surface area contributed by atoms with Crippen molar-refractivity contribution >= 4 is 11.9 Å². The molecule has 0 aromatic heterocycles. The van der Waals surface area contributed by atoms with E-state index in [4.69, 9.17) is 4.74 Å². The summed E-state index contributed by atoms with van der Waals surface area (Å²) in [5.74, 6) is -3.21. The number of hydrogen-bond acceptors (Lipinski definition) is 6. The van der Waals surface area contributed by atoms with Gasteiger partial charge in [0.2, 0.25) is 6.04 Å². The number of nitrogens with one attached hydrogen (secondary N) is 1. The molecule has 1 aliphatic carbocycles. The highest BCUT2D eigenvalue weighted by Gasteiger charge is 2.48. The monoisotopic (exact) mass is 338 g/mol. The number of nitrogens with zero attached hydrogens (tertiary/aromatic N) is 1. The molecule has 3 unspecified atom stereocenters. The van der Waals surface area contributed by atoms with Gasteiger partial charge in [-0.2, -0.15) is 0 Å². The van der Waals surface area contributed by atoms with Gasteiger partial charge in [-0.05, 0) is 26.7 Å². The third-order valence-electron chi connectivity index (χ3n) is 4.92. The van der Waals surface area contributed by atoms with E-state index in [1.807, 2.05) is 0 Å². The molecule has 8 nitrogen and oxygen atoms in total. The Morgan fingerprint density at radius 1 is 1.21 bits per heavy atom. The van der Waals surface area contributed by atoms with E-state index in [-0.39, 0.29) is 16.1 Å². The van der Waals surface area contributed by atoms with Crippen LogP contribution in [0.5, 0.6) is 0 Å². The Labute approximate surface area is 139 Å². The number of carbonyl (C=O) groups is 2. The first kappa shape index (κ1) is 18.0. The molecule has 3 atom stereocenters. The summed E-state index contributed by atoms with van der Waals surface area (Å²) in [6.07, 6.45) is 2.40. The van der Waals surface area contributed by atoms with E-state index in [1.165, 1.54) is 7.11 Å². The smallest absolute Gasteiger partial charge is 0.336 e. The average Bonchev–Trinajstić information content (AvgIpc) is 2.52. The van der Waals surface area contributed by atoms with Gasteiger partial charge in [-0.15, -0.1) is 0 Å². The van der Waals surface area contributed by atoms with Gasteiger partial charge in [-0.3, -0.25) is 10.1 Å². The van der Waals surface area contributed by atoms with Crippen molar-refractivity contribution < 1.29 is 24.4 Å². The first-order valence-corrected chi connectivity index (χ1v) is 7.93. The van der Waals surface area contributed by atoms with Crippen molar-refractivity contribution in [1.82, 2.24) is 5.32 Å². The zero-order valence-electron chi connectivity index (χ0n) is 14.0. The maximum Gasteiger partial charge on any atom is 0.336 e. The van der Waals surface area contributed by atoms with Gasteiger partial charge >= 0.3 is 11.9 Å². The Morgan fingerprint density at radius 2 is 1.79 bits per heavy atom. The standard InChI is InChI=1S/C16H22N2O6/c1-8-12(15(19)20)14(13(9(2)17-8)16(21)24-3)10-6-4-5-7-11(10)18(22)23/h10-11,14,17H,4-7H2,1-3H3,(H,19,20). The molecular weight excluding hydrogens is 316 g/mol. The van der Waals surface area contributed by atoms with Gasteiger partial charge in [-0.1, -0.05) is 6.42 Å². The predicted octanol–water partition coefficient (Wildman–Crippen LogP) is 1.85. The van der Waals surface area contributed by atoms with Crippen LogP contribution in [0.2, 0.25) is 0 Å². The van der Waals surface area contributed by atoms with E-state index in [0.717, 1.165) is 12.8 Å². The molecule has 0 saturated heterocycles. The minimum absolute atomic E-state index is 0.0137. The van der Waals surface area contributed by atoms with Gasteiger partial charge in [0, 0.05) is 34.6 Å². The molecule has 0 radical (unpaired) electrons. The number of carboxylic acid groups (broad SMARTS) is 1. The highest BCUT2D eigenvalue weighted by molar-refractivity contribution is 5.97. The van der Waals surface area contributed by atoms with Gasteiger partial charge in [0.25, 0.3) is 0 Å². The fraction of sp³-hybridized carbons (Fsp3) is 0.625. The zero-order chi connectivity index (χ0) is 18.0. The van der Waals surface area contributed by atoms with Gasteiger partial charge in [0.15, 0.2) is 0 Å². The van der Waals surface area contributed by atoms with Crippen molar-refractivity contribution in [3.63, 3.8) is 0 Å². The molecule has 1 saturated carbocycles. The number of rotatable bonds is 4. The van der Waals surface area contributed by atoms with Crippen molar-refractivity contribution in [2.75, 3.05) is 7.11 Å². The third kappa shape index (κ3) is 3.13. The zero-order valence-corrected chi connectivity index (χ0v) is 14.0. The normalized spacial score (nSPS) is 27.5. The number of carbonyl (C=O) groups excluding carboxylic acids is 1. The van der Waals surface area contributed by atoms with E-state index in [9.17, 15) is 24.8 Å². The number of hydrogen-bond donors (Lipinski definition) is 2. The van der Waals surface area contributed by atoms with Crippen LogP contribution >= 0.6 is 0 Å². The summed E-state index contributed by atoms with van der Waals surface area (Å²) >= 11 is 0. The van der Waals surface area contributed by atoms with Crippen LogP contribution in [0.4, 0.5) is 0 Å². The van der Waals surface area contributed by atoms with E-state index >= 15 is 0 Å². The molecule has 2 N–H and O–H groups in total. The summed E-state index contributed by atoms with van der Waals surface area (Å²) in [5.41, 5.74) is 1.09. The van der Waals surface area contributed by atoms with E-state index in [0.29, 0.717) is 24.2 Å². The molecule has 0 spiro atoms. The number of dihydropyridines is 1. The number of nitro groups is 1. The molecule has 2 rings (SSSR count). The van der Waals surface area contributed by atoms with E-state index < -0.39 is 29.8 Å². The molecule has 8 heteroatoms. The van der Waals surface area contributed by atoms with Gasteiger partial charge in [-0.25, -0.2) is 9.59 Å². The SMILES string of the molecule is COC(=O)C1=C(C)NC(C)=C(C(=O)O)C1C1CCCCC1[N+](=O)[O-]. The summed E-state index contributed by atoms with van der Waals surface area (Å²) < 4.78 is 4.82. The first-order valence-electron chi connectivity index (χ1n) is 7.93. The van der Waals surface area contributed by atoms with Gasteiger partial charge < -0.3 is 15.2 Å². The van der Waals surface area contributed by atoms with Crippen molar-refractivity contribution in [2.24, 2.45) is 11.8 Å². The van der Waals surface area contributed by atoms with Crippen LogP contribution in [0.1, 0.15) is 39.5 Å². The summed E-state index contributed by atoms with van der Waals surface area (Å²) in [4.78, 5) is 35.2. The van der Waals surface area contributed by atoms with Crippen LogP contribution in [-0.2, 0) is 14.3 Å². The number of methoxy groups -OCH3 is 1. The largest absolute Gasteiger partial charge is 0.478 e. The summed E-state index contributed by atoms with van der Waals surface area (Å²) in [7, 11) is 1.22. The lowest BCUT2D eigenvalue weighted by atomic mass is 9.69. The van der Waals surface area contributed by atoms with Gasteiger partial charge in [0.1, 0.15) is 0 Å². The maximum atomic E-state index is 12.3. The number of allylic oxidation sites excluding steroid dienone is 2. The van der Waals surface area contributed by atoms with E-state index in [1.54, 1.807) is 13.8 Å². The Hall–Kier alpha value is -2.38. The lowest BCUT2D eigenvalue weighted by molar-refractivity contribution is -0.537. The molecule has 0 aromatic rings. The van der Waals surface area contributed by atoms with Crippen LogP contribution in [0.25, 0.3) is 0 Å². The summed E-state index contributed by atoms with van der Waals surface area (Å²) in [5, 5.41) is 24.0. The maximum absolute atomic E-state index is 12.3. The molecule has 1 aliphatic heterocycles. The van der Waals surface area contributed by atoms with Crippen LogP contribution in [0, 0.1) is 22.0 Å². The van der Waals surface area contributed by atoms with Crippen LogP contribution in [0.15, 0.2) is 22.5 Å². The number of ether oxygens (including phenoxy) is 1. The van der Waals surface area contributed by atoms with Crippen molar-refractivity contribution in [3.05, 3.63) is 32.7 Å². The molecule has 1 fully saturated rings. The lowest BCUT2D eigenvalue weighted by Crippen LogP contribution is -2.44. The average molecular weight is 338 g/mol. The molecule has 1 heterocycles. The highest BCUT2D eigenvalue weighted by Crippen LogP contribution is 2.43. The second-order valence-corrected chi connectivity index (χ2v) is 6.28. The quantitative estimate of drug-likeness (QED) is 0.456. The second-order valence-electron chi connectivity index (χ2n) is 6.28. The third-order valence-corrected chi connectivity index (χ3v) is 4.92. The number of aliphatic carboxylic acids is 1. The predicted molar refractivity (Wildman–Crippen MR) is 84.4 cm³/mol. The van der Waals surface area contributed by atoms with Crippen molar-refractivity contribution in [2.45, 2.75) is 45.6 Å². The Morgan fingerprint density at radius 3 is 2.33 bits per heavy atom. The topological polar surface area (TPSA) is 119 Å². The molecule has 0 bridgehead atoms. The molecular formula is C16H22N2O6. The van der Waals surface area contributed by atoms with Crippen LogP contribution in [0.3, 0.4) is 0 Å². The lowest BCUT2D eigenvalue weighted by Gasteiger charge is -2.37. The molecule has 0 amide bonds. The Balaban J connectivity index is 2.59. The van der Waals surface area contributed by atoms with E-state index in [2.05, 4.69) is 5.32 Å².